The van der Waals surface area contributed by atoms with Gasteiger partial charge in [0.25, 0.3) is 0 Å². The lowest BCUT2D eigenvalue weighted by Crippen LogP contribution is -2.25. The van der Waals surface area contributed by atoms with Gasteiger partial charge in [0.15, 0.2) is 0 Å². The summed E-state index contributed by atoms with van der Waals surface area (Å²) in [6.07, 6.45) is 0. The highest BCUT2D eigenvalue weighted by Gasteiger charge is 2.31. The van der Waals surface area contributed by atoms with Gasteiger partial charge in [0.2, 0.25) is 0 Å². The fourth-order valence-electron chi connectivity index (χ4n) is 5.38. The maximum absolute atomic E-state index is 6.10. The molecule has 0 radical (unpaired) electrons. The maximum atomic E-state index is 6.10. The van der Waals surface area contributed by atoms with E-state index in [0.29, 0.717) is 19.8 Å². The van der Waals surface area contributed by atoms with Crippen molar-refractivity contribution in [2.45, 2.75) is 32.2 Å². The topological polar surface area (TPSA) is 27.7 Å². The number of benzene rings is 6. The lowest BCUT2D eigenvalue weighted by Gasteiger charge is -2.32. The molecule has 6 rings (SSSR count). The fraction of sp³-hybridized carbons (Fsp3) is 0.122. The molecular formula is C41H36O3. The monoisotopic (exact) mass is 576 g/mol. The predicted molar refractivity (Wildman–Crippen MR) is 177 cm³/mol. The van der Waals surface area contributed by atoms with E-state index in [1.807, 2.05) is 54.6 Å². The van der Waals surface area contributed by atoms with E-state index < -0.39 is 5.41 Å². The van der Waals surface area contributed by atoms with E-state index in [2.05, 4.69) is 116 Å². The lowest BCUT2D eigenvalue weighted by molar-refractivity contribution is 0.306. The molecule has 0 N–H and O–H groups in total. The SMILES string of the molecule is CC(c1ccc(OCc2ccccc2)cc1)(c1ccc(OCc2ccccc2)cc1)c1ccc(OCc2ccccc2)cc1. The third-order valence-electron chi connectivity index (χ3n) is 8.04. The Bertz CT molecular complexity index is 1500. The standard InChI is InChI=1S/C41H36O3/c1-41(35-17-23-38(24-18-35)42-29-32-11-5-2-6-12-32,36-19-25-39(26-20-36)43-30-33-13-7-3-8-14-33)37-21-27-40(28-22-37)44-31-34-15-9-4-10-16-34/h2-28H,29-31H2,1H3. The first-order valence-electron chi connectivity index (χ1n) is 15.0. The molecule has 218 valence electrons. The van der Waals surface area contributed by atoms with Crippen molar-refractivity contribution in [1.29, 1.82) is 0 Å². The summed E-state index contributed by atoms with van der Waals surface area (Å²) in [7, 11) is 0. The van der Waals surface area contributed by atoms with Crippen molar-refractivity contribution in [3.05, 3.63) is 197 Å². The van der Waals surface area contributed by atoms with Crippen LogP contribution in [0.3, 0.4) is 0 Å². The first kappa shape index (κ1) is 28.8. The predicted octanol–water partition coefficient (Wildman–Crippen LogP) is 9.78. The van der Waals surface area contributed by atoms with Gasteiger partial charge in [0, 0.05) is 5.41 Å². The van der Waals surface area contributed by atoms with Crippen molar-refractivity contribution in [3.8, 4) is 17.2 Å². The Kier molecular flexibility index (Phi) is 9.04. The molecule has 0 heterocycles. The number of hydrogen-bond acceptors (Lipinski definition) is 3. The summed E-state index contributed by atoms with van der Waals surface area (Å²) in [4.78, 5) is 0. The largest absolute Gasteiger partial charge is 0.489 e. The van der Waals surface area contributed by atoms with Crippen LogP contribution in [0.4, 0.5) is 0 Å². The molecule has 0 aromatic heterocycles. The van der Waals surface area contributed by atoms with Gasteiger partial charge < -0.3 is 14.2 Å². The molecule has 6 aromatic rings. The maximum Gasteiger partial charge on any atom is 0.119 e. The van der Waals surface area contributed by atoms with Crippen LogP contribution in [0.15, 0.2) is 164 Å². The van der Waals surface area contributed by atoms with Crippen molar-refractivity contribution in [3.63, 3.8) is 0 Å². The van der Waals surface area contributed by atoms with E-state index in [0.717, 1.165) is 33.9 Å². The third-order valence-corrected chi connectivity index (χ3v) is 8.04. The Morgan fingerprint density at radius 3 is 0.841 bits per heavy atom. The quantitative estimate of drug-likeness (QED) is 0.136. The first-order valence-corrected chi connectivity index (χ1v) is 15.0. The van der Waals surface area contributed by atoms with Gasteiger partial charge in [-0.1, -0.05) is 127 Å². The Labute approximate surface area is 260 Å². The van der Waals surface area contributed by atoms with E-state index in [1.165, 1.54) is 16.7 Å². The fourth-order valence-corrected chi connectivity index (χ4v) is 5.38. The molecular weight excluding hydrogens is 540 g/mol. The Hall–Kier alpha value is -5.28. The second-order valence-corrected chi connectivity index (χ2v) is 11.0. The molecule has 0 aliphatic heterocycles. The van der Waals surface area contributed by atoms with Crippen molar-refractivity contribution < 1.29 is 14.2 Å². The first-order chi connectivity index (χ1) is 21.7. The van der Waals surface area contributed by atoms with Gasteiger partial charge in [-0.2, -0.15) is 0 Å². The molecule has 0 saturated heterocycles. The van der Waals surface area contributed by atoms with Crippen LogP contribution in [0, 0.1) is 0 Å². The summed E-state index contributed by atoms with van der Waals surface area (Å²) in [5.74, 6) is 2.53. The zero-order valence-electron chi connectivity index (χ0n) is 24.9. The minimum absolute atomic E-state index is 0.423. The summed E-state index contributed by atoms with van der Waals surface area (Å²) in [6.45, 7) is 3.87. The van der Waals surface area contributed by atoms with E-state index >= 15 is 0 Å². The Morgan fingerprint density at radius 1 is 0.341 bits per heavy atom. The van der Waals surface area contributed by atoms with Crippen LogP contribution in [-0.4, -0.2) is 0 Å². The summed E-state index contributed by atoms with van der Waals surface area (Å²) < 4.78 is 18.3. The van der Waals surface area contributed by atoms with Crippen LogP contribution in [0.5, 0.6) is 17.2 Å². The van der Waals surface area contributed by atoms with Crippen LogP contribution in [0.1, 0.15) is 40.3 Å². The van der Waals surface area contributed by atoms with E-state index in [9.17, 15) is 0 Å². The molecule has 0 atom stereocenters. The normalized spacial score (nSPS) is 11.1. The molecule has 0 fully saturated rings. The van der Waals surface area contributed by atoms with Crippen LogP contribution >= 0.6 is 0 Å². The molecule has 3 heteroatoms. The highest BCUT2D eigenvalue weighted by Crippen LogP contribution is 2.40. The molecule has 0 aliphatic rings. The molecule has 3 nitrogen and oxygen atoms in total. The summed E-state index contributed by atoms with van der Waals surface area (Å²) in [5.41, 5.74) is 6.51. The van der Waals surface area contributed by atoms with Crippen molar-refractivity contribution >= 4 is 0 Å². The van der Waals surface area contributed by atoms with E-state index in [-0.39, 0.29) is 0 Å². The molecule has 0 amide bonds. The Morgan fingerprint density at radius 2 is 0.591 bits per heavy atom. The lowest BCUT2D eigenvalue weighted by atomic mass is 9.71. The highest BCUT2D eigenvalue weighted by atomic mass is 16.5. The van der Waals surface area contributed by atoms with Gasteiger partial charge in [-0.25, -0.2) is 0 Å². The zero-order valence-corrected chi connectivity index (χ0v) is 24.9. The molecule has 0 saturated carbocycles. The van der Waals surface area contributed by atoms with Crippen molar-refractivity contribution in [2.75, 3.05) is 0 Å². The summed E-state index contributed by atoms with van der Waals surface area (Å²) >= 11 is 0. The second kappa shape index (κ2) is 13.8. The van der Waals surface area contributed by atoms with E-state index in [4.69, 9.17) is 14.2 Å². The summed E-state index contributed by atoms with van der Waals surface area (Å²) in [5, 5.41) is 0. The van der Waals surface area contributed by atoms with Crippen LogP contribution in [0.2, 0.25) is 0 Å². The zero-order chi connectivity index (χ0) is 30.0. The van der Waals surface area contributed by atoms with Gasteiger partial charge in [-0.3, -0.25) is 0 Å². The van der Waals surface area contributed by atoms with E-state index in [1.54, 1.807) is 0 Å². The number of ether oxygens (including phenoxy) is 3. The van der Waals surface area contributed by atoms with Crippen molar-refractivity contribution in [2.24, 2.45) is 0 Å². The van der Waals surface area contributed by atoms with Crippen LogP contribution in [-0.2, 0) is 25.2 Å². The van der Waals surface area contributed by atoms with Crippen LogP contribution < -0.4 is 14.2 Å². The van der Waals surface area contributed by atoms with Crippen molar-refractivity contribution in [1.82, 2.24) is 0 Å². The van der Waals surface area contributed by atoms with Gasteiger partial charge in [0.1, 0.15) is 37.1 Å². The molecule has 0 unspecified atom stereocenters. The molecule has 44 heavy (non-hydrogen) atoms. The molecule has 6 aromatic carbocycles. The average molecular weight is 577 g/mol. The smallest absolute Gasteiger partial charge is 0.119 e. The summed E-state index contributed by atoms with van der Waals surface area (Å²) in [6, 6.07) is 56.1. The molecule has 0 bridgehead atoms. The molecule has 0 spiro atoms. The van der Waals surface area contributed by atoms with Gasteiger partial charge in [-0.05, 0) is 76.7 Å². The van der Waals surface area contributed by atoms with Gasteiger partial charge in [0.05, 0.1) is 0 Å². The highest BCUT2D eigenvalue weighted by molar-refractivity contribution is 5.52. The minimum atomic E-state index is -0.423. The minimum Gasteiger partial charge on any atom is -0.489 e. The second-order valence-electron chi connectivity index (χ2n) is 11.0. The number of hydrogen-bond donors (Lipinski definition) is 0. The average Bonchev–Trinajstić information content (AvgIpc) is 3.10. The van der Waals surface area contributed by atoms with Gasteiger partial charge in [-0.15, -0.1) is 0 Å². The third kappa shape index (κ3) is 7.02. The molecule has 0 aliphatic carbocycles. The number of rotatable bonds is 12. The Balaban J connectivity index is 1.24. The van der Waals surface area contributed by atoms with Gasteiger partial charge >= 0.3 is 0 Å². The van der Waals surface area contributed by atoms with Crippen LogP contribution in [0.25, 0.3) is 0 Å².